The highest BCUT2D eigenvalue weighted by Gasteiger charge is 2.44. The third-order valence-corrected chi connectivity index (χ3v) is 11.1. The van der Waals surface area contributed by atoms with Crippen LogP contribution in [0, 0.1) is 17.8 Å². The van der Waals surface area contributed by atoms with Gasteiger partial charge in [0.15, 0.2) is 18.2 Å². The fourth-order valence-electron chi connectivity index (χ4n) is 6.81. The molecule has 0 saturated heterocycles. The molecule has 1 aromatic carbocycles. The van der Waals surface area contributed by atoms with Crippen LogP contribution in [0.2, 0.25) is 0 Å². The Morgan fingerprint density at radius 3 is 1.77 bits per heavy atom. The maximum absolute atomic E-state index is 14.4. The molecule has 0 fully saturated rings. The first kappa shape index (κ1) is 61.3. The summed E-state index contributed by atoms with van der Waals surface area (Å²) in [6.07, 6.45) is -4.27. The first-order valence-corrected chi connectivity index (χ1v) is 22.7. The molecule has 22 nitrogen and oxygen atoms in total. The summed E-state index contributed by atoms with van der Waals surface area (Å²) in [5.41, 5.74) is -0.0595. The second-order valence-electron chi connectivity index (χ2n) is 18.0. The monoisotopic (exact) mass is 988 g/mol. The van der Waals surface area contributed by atoms with Gasteiger partial charge in [0, 0.05) is 48.5 Å². The van der Waals surface area contributed by atoms with Crippen molar-refractivity contribution in [2.45, 2.75) is 137 Å². The van der Waals surface area contributed by atoms with E-state index in [1.165, 1.54) is 68.8 Å². The fraction of sp³-hybridized carbons (Fsp3) is 0.583. The molecule has 9 atom stereocenters. The van der Waals surface area contributed by atoms with Crippen LogP contribution in [0.1, 0.15) is 81.7 Å². The van der Waals surface area contributed by atoms with Crippen LogP contribution in [0.5, 0.6) is 0 Å². The lowest BCUT2D eigenvalue weighted by Crippen LogP contribution is -2.63. The van der Waals surface area contributed by atoms with Gasteiger partial charge in [0.25, 0.3) is 11.8 Å². The number of methoxy groups -OCH3 is 1. The molecule has 0 aliphatic carbocycles. The lowest BCUT2D eigenvalue weighted by molar-refractivity contribution is -0.167. The summed E-state index contributed by atoms with van der Waals surface area (Å²) in [6.45, 7) is 19.8. The smallest absolute Gasteiger partial charge is 0.355 e. The maximum Gasteiger partial charge on any atom is 0.355 e. The predicted octanol–water partition coefficient (Wildman–Crippen LogP) is 0.661. The largest absolute Gasteiger partial charge is 0.480 e. The number of nitrogens with zero attached hydrogens (tertiary/aromatic N) is 3. The number of amides is 7. The van der Waals surface area contributed by atoms with E-state index in [0.717, 1.165) is 28.7 Å². The number of aliphatic hydroxyl groups is 1. The molecule has 0 aliphatic heterocycles. The van der Waals surface area contributed by atoms with E-state index < -0.39 is 131 Å². The van der Waals surface area contributed by atoms with Crippen LogP contribution in [-0.2, 0) is 68.6 Å². The minimum absolute atomic E-state index is 0.131. The summed E-state index contributed by atoms with van der Waals surface area (Å²) in [4.78, 5) is 136. The number of allylic oxidation sites excluding steroid dienone is 1. The van der Waals surface area contributed by atoms with E-state index in [1.54, 1.807) is 58.0 Å². The van der Waals surface area contributed by atoms with E-state index in [-0.39, 0.29) is 18.0 Å². The number of carbonyl (C=O) groups excluding carboxylic acids is 9. The summed E-state index contributed by atoms with van der Waals surface area (Å²) in [5, 5.41) is 30.6. The van der Waals surface area contributed by atoms with Gasteiger partial charge in [-0.2, -0.15) is 0 Å². The topological polar surface area (TPSA) is 297 Å². The first-order valence-electron chi connectivity index (χ1n) is 22.7. The lowest BCUT2D eigenvalue weighted by Gasteiger charge is -2.37. The molecule has 7 amide bonds. The summed E-state index contributed by atoms with van der Waals surface area (Å²) in [6, 6.07) is 0.701. The predicted molar refractivity (Wildman–Crippen MR) is 254 cm³/mol. The van der Waals surface area contributed by atoms with Crippen molar-refractivity contribution in [2.24, 2.45) is 17.8 Å². The van der Waals surface area contributed by atoms with Gasteiger partial charge in [-0.1, -0.05) is 84.5 Å². The quantitative estimate of drug-likeness (QED) is 0.0549. The highest BCUT2D eigenvalue weighted by molar-refractivity contribution is 6.01. The number of aliphatic carboxylic acids is 1. The van der Waals surface area contributed by atoms with Crippen LogP contribution in [0.4, 0.5) is 0 Å². The van der Waals surface area contributed by atoms with Crippen LogP contribution >= 0.6 is 0 Å². The van der Waals surface area contributed by atoms with Gasteiger partial charge in [-0.15, -0.1) is 0 Å². The molecule has 0 bridgehead atoms. The molecule has 0 spiro atoms. The minimum Gasteiger partial charge on any atom is -0.480 e. The summed E-state index contributed by atoms with van der Waals surface area (Å²) in [7, 11) is 4.80. The minimum atomic E-state index is -1.82. The van der Waals surface area contributed by atoms with Crippen molar-refractivity contribution >= 4 is 59.3 Å². The molecule has 0 radical (unpaired) electrons. The molecule has 0 heterocycles. The molecule has 0 unspecified atom stereocenters. The Kier molecular flexibility index (Phi) is 24.6. The normalized spacial score (nSPS) is 15.3. The van der Waals surface area contributed by atoms with Crippen LogP contribution in [0.25, 0.3) is 0 Å². The SMILES string of the molecule is C=C(C(=O)N[C@@H](C)C(=O)N(C)[C@@H](C)C(=O)N[C@H](C(=O)N(C)[C@H](C(=O)O)[C@@H](C)OC)[C@H](OC(=O)[C@@H](NC(C)=O)[C@H](O)C(C)C)C(C)C)N(C)C(=O)[C@@H](Cc1ccccc1)OC(=O)/C(=C/C(C)C)NC(C)=O. The molecule has 1 rings (SSSR count). The zero-order chi connectivity index (χ0) is 54.1. The van der Waals surface area contributed by atoms with Gasteiger partial charge in [-0.05, 0) is 44.1 Å². The van der Waals surface area contributed by atoms with Crippen LogP contribution in [0.15, 0.2) is 54.4 Å². The first-order chi connectivity index (χ1) is 32.4. The van der Waals surface area contributed by atoms with Crippen molar-refractivity contribution in [1.29, 1.82) is 0 Å². The third-order valence-electron chi connectivity index (χ3n) is 11.1. The molecule has 1 aromatic rings. The van der Waals surface area contributed by atoms with E-state index in [1.807, 2.05) is 0 Å². The molecule has 70 heavy (non-hydrogen) atoms. The highest BCUT2D eigenvalue weighted by Crippen LogP contribution is 2.20. The second kappa shape index (κ2) is 28.1. The van der Waals surface area contributed by atoms with Gasteiger partial charge < -0.3 is 60.4 Å². The maximum atomic E-state index is 14.4. The Morgan fingerprint density at radius 2 is 1.30 bits per heavy atom. The number of hydrogen-bond donors (Lipinski definition) is 6. The Balaban J connectivity index is 3.50. The molecule has 0 aromatic heterocycles. The Morgan fingerprint density at radius 1 is 0.729 bits per heavy atom. The van der Waals surface area contributed by atoms with Crippen molar-refractivity contribution in [3.05, 3.63) is 59.9 Å². The molecule has 6 N–H and O–H groups in total. The molecule has 0 aliphatic rings. The zero-order valence-corrected chi connectivity index (χ0v) is 42.8. The molecular weight excluding hydrogens is 915 g/mol. The average molecular weight is 988 g/mol. The van der Waals surface area contributed by atoms with Gasteiger partial charge >= 0.3 is 17.9 Å². The standard InChI is InChI=1S/C48H73N7O15/c1-24(2)22-34(50-31(11)56)47(66)69-35(23-33-20-18-17-19-21-33)44(62)54(14)28(8)41(59)49-27(7)43(61)53(13)29(9)42(60)52-37(45(63)55(15)38(46(64)65)30(10)68-16)40(26(5)6)70-48(67)36(51-32(12)57)39(58)25(3)4/h17-22,24-27,29-30,35-40,58H,8,23H2,1-7,9-16H3,(H,49,59)(H,50,56)(H,51,57)(H,52,60)(H,64,65)/b34-22-/t27-,29-,30+,35+,36-,37-,38-,39+,40+/m0/s1. The summed E-state index contributed by atoms with van der Waals surface area (Å²) < 4.78 is 16.6. The number of ether oxygens (including phenoxy) is 3. The van der Waals surface area contributed by atoms with Crippen LogP contribution in [-0.4, -0.2) is 167 Å². The van der Waals surface area contributed by atoms with Gasteiger partial charge in [-0.25, -0.2) is 14.4 Å². The van der Waals surface area contributed by atoms with E-state index in [0.29, 0.717) is 5.56 Å². The van der Waals surface area contributed by atoms with Crippen molar-refractivity contribution < 1.29 is 72.4 Å². The van der Waals surface area contributed by atoms with Gasteiger partial charge in [0.1, 0.15) is 35.6 Å². The number of aliphatic hydroxyl groups excluding tert-OH is 1. The Labute approximate surface area is 409 Å². The van der Waals surface area contributed by atoms with Crippen LogP contribution < -0.4 is 21.3 Å². The number of esters is 2. The van der Waals surface area contributed by atoms with Crippen molar-refractivity contribution in [1.82, 2.24) is 36.0 Å². The number of rotatable bonds is 26. The molecule has 22 heteroatoms. The molecular formula is C48H73N7O15. The van der Waals surface area contributed by atoms with E-state index in [4.69, 9.17) is 14.2 Å². The van der Waals surface area contributed by atoms with Crippen molar-refractivity contribution in [2.75, 3.05) is 28.3 Å². The average Bonchev–Trinajstić information content (AvgIpc) is 3.28. The van der Waals surface area contributed by atoms with Gasteiger partial charge in [0.05, 0.1) is 12.2 Å². The Bertz CT molecular complexity index is 2090. The van der Waals surface area contributed by atoms with Crippen LogP contribution in [0.3, 0.4) is 0 Å². The number of benzene rings is 1. The summed E-state index contributed by atoms with van der Waals surface area (Å²) in [5.74, 6) is -11.2. The van der Waals surface area contributed by atoms with E-state index in [2.05, 4.69) is 27.8 Å². The second-order valence-corrected chi connectivity index (χ2v) is 18.0. The van der Waals surface area contributed by atoms with Gasteiger partial charge in [-0.3, -0.25) is 33.6 Å². The number of nitrogens with one attached hydrogen (secondary N) is 4. The summed E-state index contributed by atoms with van der Waals surface area (Å²) >= 11 is 0. The molecule has 390 valence electrons. The fourth-order valence-corrected chi connectivity index (χ4v) is 6.81. The van der Waals surface area contributed by atoms with Crippen molar-refractivity contribution in [3.63, 3.8) is 0 Å². The van der Waals surface area contributed by atoms with Crippen molar-refractivity contribution in [3.8, 4) is 0 Å². The number of hydrogen-bond acceptors (Lipinski definition) is 14. The number of carbonyl (C=O) groups is 10. The number of carboxylic acid groups (broad SMARTS) is 1. The molecule has 0 saturated carbocycles. The van der Waals surface area contributed by atoms with E-state index >= 15 is 0 Å². The lowest BCUT2D eigenvalue weighted by atomic mass is 9.95. The Hall–Kier alpha value is -6.68. The number of likely N-dealkylation sites (N-methyl/N-ethyl adjacent to an activating group) is 3. The van der Waals surface area contributed by atoms with Gasteiger partial charge in [0.2, 0.25) is 29.5 Å². The highest BCUT2D eigenvalue weighted by atomic mass is 16.6. The number of carboxylic acids is 1. The van der Waals surface area contributed by atoms with E-state index in [9.17, 15) is 58.2 Å². The third kappa shape index (κ3) is 18.0. The zero-order valence-electron chi connectivity index (χ0n) is 42.8.